The highest BCUT2D eigenvalue weighted by molar-refractivity contribution is 6.00. The van der Waals surface area contributed by atoms with Crippen LogP contribution in [0.15, 0.2) is 18.2 Å². The van der Waals surface area contributed by atoms with E-state index in [-0.39, 0.29) is 23.7 Å². The number of nitrogens with one attached hydrogen (secondary N) is 2. The molecule has 2 amide bonds. The number of aryl methyl sites for hydroxylation is 2. The Kier molecular flexibility index (Phi) is 4.69. The molecule has 4 nitrogen and oxygen atoms in total. The molecule has 124 valence electrons. The molecule has 23 heavy (non-hydrogen) atoms. The molecule has 0 aromatic heterocycles. The average molecular weight is 314 g/mol. The highest BCUT2D eigenvalue weighted by Gasteiger charge is 2.48. The van der Waals surface area contributed by atoms with Gasteiger partial charge in [0, 0.05) is 11.7 Å². The van der Waals surface area contributed by atoms with E-state index in [1.165, 1.54) is 19.3 Å². The quantitative estimate of drug-likeness (QED) is 0.895. The first-order valence-corrected chi connectivity index (χ1v) is 8.73. The van der Waals surface area contributed by atoms with Crippen LogP contribution in [-0.4, -0.2) is 17.9 Å². The molecule has 0 radical (unpaired) electrons. The van der Waals surface area contributed by atoms with Gasteiger partial charge in [-0.25, -0.2) is 0 Å². The summed E-state index contributed by atoms with van der Waals surface area (Å²) in [4.78, 5) is 24.7. The fraction of sp³-hybridized carbons (Fsp3) is 0.579. The van der Waals surface area contributed by atoms with Crippen molar-refractivity contribution in [3.63, 3.8) is 0 Å². The van der Waals surface area contributed by atoms with Crippen LogP contribution < -0.4 is 10.6 Å². The van der Waals surface area contributed by atoms with E-state index in [4.69, 9.17) is 0 Å². The van der Waals surface area contributed by atoms with E-state index < -0.39 is 0 Å². The minimum Gasteiger partial charge on any atom is -0.353 e. The van der Waals surface area contributed by atoms with Crippen molar-refractivity contribution in [2.75, 3.05) is 5.32 Å². The second kappa shape index (κ2) is 6.73. The van der Waals surface area contributed by atoms with Gasteiger partial charge in [0.1, 0.15) is 0 Å². The van der Waals surface area contributed by atoms with Crippen LogP contribution in [0.4, 0.5) is 5.69 Å². The average Bonchev–Trinajstić information content (AvgIpc) is 3.33. The van der Waals surface area contributed by atoms with Crippen molar-refractivity contribution in [1.82, 2.24) is 5.32 Å². The van der Waals surface area contributed by atoms with Gasteiger partial charge < -0.3 is 10.6 Å². The normalized spacial score (nSPS) is 24.1. The van der Waals surface area contributed by atoms with Gasteiger partial charge in [0.15, 0.2) is 0 Å². The standard InChI is InChI=1S/C19H26N2O2/c1-12-7-6-8-13(2)17(12)21-19(23)16-11-15(16)18(22)20-14-9-4-3-5-10-14/h6-8,14-16H,3-5,9-11H2,1-2H3,(H,20,22)(H,21,23). The van der Waals surface area contributed by atoms with Crippen molar-refractivity contribution in [3.05, 3.63) is 29.3 Å². The smallest absolute Gasteiger partial charge is 0.228 e. The molecule has 0 heterocycles. The molecule has 0 saturated heterocycles. The van der Waals surface area contributed by atoms with Crippen LogP contribution in [0.2, 0.25) is 0 Å². The second-order valence-electron chi connectivity index (χ2n) is 7.05. The minimum atomic E-state index is -0.169. The first-order valence-electron chi connectivity index (χ1n) is 8.73. The lowest BCUT2D eigenvalue weighted by Crippen LogP contribution is -2.37. The number of hydrogen-bond acceptors (Lipinski definition) is 2. The predicted octanol–water partition coefficient (Wildman–Crippen LogP) is 3.33. The molecular weight excluding hydrogens is 288 g/mol. The summed E-state index contributed by atoms with van der Waals surface area (Å²) in [5.74, 6) is -0.261. The molecule has 4 heteroatoms. The SMILES string of the molecule is Cc1cccc(C)c1NC(=O)C1CC1C(=O)NC1CCCCC1. The number of carbonyl (C=O) groups is 2. The third-order valence-electron chi connectivity index (χ3n) is 5.14. The summed E-state index contributed by atoms with van der Waals surface area (Å²) in [5.41, 5.74) is 3.00. The second-order valence-corrected chi connectivity index (χ2v) is 7.05. The molecule has 2 fully saturated rings. The molecule has 3 rings (SSSR count). The highest BCUT2D eigenvalue weighted by Crippen LogP contribution is 2.40. The lowest BCUT2D eigenvalue weighted by atomic mass is 9.95. The maximum atomic E-state index is 12.4. The van der Waals surface area contributed by atoms with E-state index in [0.717, 1.165) is 29.7 Å². The Balaban J connectivity index is 1.53. The fourth-order valence-electron chi connectivity index (χ4n) is 3.56. The number of para-hydroxylation sites is 1. The largest absolute Gasteiger partial charge is 0.353 e. The topological polar surface area (TPSA) is 58.2 Å². The number of benzene rings is 1. The van der Waals surface area contributed by atoms with Gasteiger partial charge in [-0.05, 0) is 44.2 Å². The number of anilines is 1. The lowest BCUT2D eigenvalue weighted by Gasteiger charge is -2.22. The molecule has 0 bridgehead atoms. The van der Waals surface area contributed by atoms with Crippen LogP contribution in [0.1, 0.15) is 49.7 Å². The summed E-state index contributed by atoms with van der Waals surface area (Å²) in [6, 6.07) is 6.28. The summed E-state index contributed by atoms with van der Waals surface area (Å²) < 4.78 is 0. The Labute approximate surface area is 138 Å². The van der Waals surface area contributed by atoms with Crippen LogP contribution in [0, 0.1) is 25.7 Å². The van der Waals surface area contributed by atoms with Crippen LogP contribution in [0.5, 0.6) is 0 Å². The maximum absolute atomic E-state index is 12.4. The number of amides is 2. The van der Waals surface area contributed by atoms with E-state index >= 15 is 0 Å². The minimum absolute atomic E-state index is 0.0220. The molecule has 0 aliphatic heterocycles. The molecule has 2 aliphatic carbocycles. The summed E-state index contributed by atoms with van der Waals surface area (Å²) in [7, 11) is 0. The van der Waals surface area contributed by atoms with Gasteiger partial charge in [0.2, 0.25) is 11.8 Å². The van der Waals surface area contributed by atoms with E-state index in [1.54, 1.807) is 0 Å². The molecule has 2 saturated carbocycles. The summed E-state index contributed by atoms with van der Waals surface area (Å²) in [6.45, 7) is 3.98. The number of carbonyl (C=O) groups excluding carboxylic acids is 2. The molecule has 1 aromatic carbocycles. The molecule has 2 N–H and O–H groups in total. The van der Waals surface area contributed by atoms with Gasteiger partial charge in [0.05, 0.1) is 11.8 Å². The predicted molar refractivity (Wildman–Crippen MR) is 91.2 cm³/mol. The molecule has 2 atom stereocenters. The Morgan fingerprint density at radius 3 is 2.22 bits per heavy atom. The zero-order valence-electron chi connectivity index (χ0n) is 14.0. The molecule has 0 spiro atoms. The van der Waals surface area contributed by atoms with Gasteiger partial charge >= 0.3 is 0 Å². The first kappa shape index (κ1) is 16.0. The highest BCUT2D eigenvalue weighted by atomic mass is 16.2. The van der Waals surface area contributed by atoms with Crippen molar-refractivity contribution in [2.45, 2.75) is 58.4 Å². The van der Waals surface area contributed by atoms with E-state index in [0.29, 0.717) is 12.5 Å². The summed E-state index contributed by atoms with van der Waals surface area (Å²) in [6.07, 6.45) is 6.51. The summed E-state index contributed by atoms with van der Waals surface area (Å²) >= 11 is 0. The molecule has 1 aromatic rings. The van der Waals surface area contributed by atoms with Gasteiger partial charge in [-0.15, -0.1) is 0 Å². The fourth-order valence-corrected chi connectivity index (χ4v) is 3.56. The molecule has 2 aliphatic rings. The number of rotatable bonds is 4. The van der Waals surface area contributed by atoms with Gasteiger partial charge in [-0.2, -0.15) is 0 Å². The van der Waals surface area contributed by atoms with E-state index in [1.807, 2.05) is 32.0 Å². The first-order chi connectivity index (χ1) is 11.1. The van der Waals surface area contributed by atoms with Crippen LogP contribution in [0.25, 0.3) is 0 Å². The zero-order chi connectivity index (χ0) is 16.4. The third-order valence-corrected chi connectivity index (χ3v) is 5.14. The van der Waals surface area contributed by atoms with Crippen molar-refractivity contribution in [2.24, 2.45) is 11.8 Å². The Morgan fingerprint density at radius 1 is 0.957 bits per heavy atom. The van der Waals surface area contributed by atoms with Gasteiger partial charge in [-0.1, -0.05) is 37.5 Å². The van der Waals surface area contributed by atoms with Crippen LogP contribution in [0.3, 0.4) is 0 Å². The molecule has 2 unspecified atom stereocenters. The Morgan fingerprint density at radius 2 is 1.57 bits per heavy atom. The van der Waals surface area contributed by atoms with Gasteiger partial charge in [-0.3, -0.25) is 9.59 Å². The van der Waals surface area contributed by atoms with Crippen LogP contribution in [-0.2, 0) is 9.59 Å². The van der Waals surface area contributed by atoms with Gasteiger partial charge in [0.25, 0.3) is 0 Å². The number of hydrogen-bond donors (Lipinski definition) is 2. The van der Waals surface area contributed by atoms with Crippen molar-refractivity contribution >= 4 is 17.5 Å². The zero-order valence-corrected chi connectivity index (χ0v) is 14.0. The lowest BCUT2D eigenvalue weighted by molar-refractivity contribution is -0.126. The monoisotopic (exact) mass is 314 g/mol. The molecular formula is C19H26N2O2. The third kappa shape index (κ3) is 3.74. The van der Waals surface area contributed by atoms with E-state index in [2.05, 4.69) is 10.6 Å². The van der Waals surface area contributed by atoms with Crippen molar-refractivity contribution in [1.29, 1.82) is 0 Å². The summed E-state index contributed by atoms with van der Waals surface area (Å²) in [5, 5.41) is 6.14. The van der Waals surface area contributed by atoms with Crippen molar-refractivity contribution in [3.8, 4) is 0 Å². The van der Waals surface area contributed by atoms with Crippen molar-refractivity contribution < 1.29 is 9.59 Å². The van der Waals surface area contributed by atoms with Crippen LogP contribution >= 0.6 is 0 Å². The Bertz CT molecular complexity index is 585. The maximum Gasteiger partial charge on any atom is 0.228 e. The Hall–Kier alpha value is -1.84. The van der Waals surface area contributed by atoms with E-state index in [9.17, 15) is 9.59 Å².